The number of nitro benzene ring substituents is 1. The number of carbonyl (C=O) groups excluding carboxylic acids is 1. The number of sulfonamides is 1. The molecule has 0 saturated heterocycles. The second-order valence-corrected chi connectivity index (χ2v) is 7.64. The van der Waals surface area contributed by atoms with Crippen molar-refractivity contribution in [2.75, 3.05) is 23.3 Å². The first-order valence-corrected chi connectivity index (χ1v) is 9.47. The molecule has 0 atom stereocenters. The Bertz CT molecular complexity index is 1030. The number of fused-ring (bicyclic) bond motifs is 1. The van der Waals surface area contributed by atoms with Crippen LogP contribution in [0.3, 0.4) is 0 Å². The molecule has 2 aromatic carbocycles. The Balaban J connectivity index is 1.97. The summed E-state index contributed by atoms with van der Waals surface area (Å²) in [5.41, 5.74) is 0.829. The summed E-state index contributed by atoms with van der Waals surface area (Å²) in [5, 5.41) is 11.2. The predicted molar refractivity (Wildman–Crippen MR) is 98.6 cm³/mol. The number of nitrogens with zero attached hydrogens (tertiary/aromatic N) is 2. The number of nitro groups is 1. The van der Waals surface area contributed by atoms with E-state index < -0.39 is 14.9 Å². The van der Waals surface area contributed by atoms with Crippen LogP contribution in [0.15, 0.2) is 41.3 Å². The molecule has 10 heteroatoms. The molecule has 142 valence electrons. The highest BCUT2D eigenvalue weighted by atomic mass is 32.2. The van der Waals surface area contributed by atoms with Crippen molar-refractivity contribution in [3.05, 3.63) is 52.1 Å². The Morgan fingerprint density at radius 1 is 1.26 bits per heavy atom. The van der Waals surface area contributed by atoms with Crippen molar-refractivity contribution >= 4 is 33.0 Å². The fraction of sp³-hybridized carbons (Fsp3) is 0.235. The van der Waals surface area contributed by atoms with Crippen molar-refractivity contribution in [1.29, 1.82) is 0 Å². The zero-order chi connectivity index (χ0) is 19.8. The molecule has 9 nitrogen and oxygen atoms in total. The van der Waals surface area contributed by atoms with Gasteiger partial charge < -0.3 is 9.64 Å². The number of carbonyl (C=O) groups is 1. The van der Waals surface area contributed by atoms with E-state index in [2.05, 4.69) is 4.72 Å². The molecular formula is C17H17N3O6S. The topological polar surface area (TPSA) is 119 Å². The van der Waals surface area contributed by atoms with Crippen LogP contribution in [-0.2, 0) is 21.2 Å². The van der Waals surface area contributed by atoms with Gasteiger partial charge >= 0.3 is 0 Å². The highest BCUT2D eigenvalue weighted by molar-refractivity contribution is 7.92. The van der Waals surface area contributed by atoms with Crippen molar-refractivity contribution in [2.45, 2.75) is 18.2 Å². The summed E-state index contributed by atoms with van der Waals surface area (Å²) < 4.78 is 32.7. The van der Waals surface area contributed by atoms with Crippen molar-refractivity contribution in [3.8, 4) is 5.75 Å². The molecule has 1 N–H and O–H groups in total. The Labute approximate surface area is 155 Å². The van der Waals surface area contributed by atoms with Gasteiger partial charge in [0.05, 0.1) is 16.9 Å². The molecule has 0 spiro atoms. The van der Waals surface area contributed by atoms with Crippen LogP contribution in [0.1, 0.15) is 12.5 Å². The average Bonchev–Trinajstić information content (AvgIpc) is 3.04. The molecule has 0 aliphatic carbocycles. The number of benzene rings is 2. The van der Waals surface area contributed by atoms with E-state index in [1.54, 1.807) is 11.0 Å². The number of nitrogens with one attached hydrogen (secondary N) is 1. The highest BCUT2D eigenvalue weighted by Gasteiger charge is 2.26. The van der Waals surface area contributed by atoms with Crippen molar-refractivity contribution in [2.24, 2.45) is 0 Å². The highest BCUT2D eigenvalue weighted by Crippen LogP contribution is 2.33. The quantitative estimate of drug-likeness (QED) is 0.617. The van der Waals surface area contributed by atoms with Gasteiger partial charge in [-0.15, -0.1) is 0 Å². The number of rotatable bonds is 5. The summed E-state index contributed by atoms with van der Waals surface area (Å²) >= 11 is 0. The van der Waals surface area contributed by atoms with E-state index in [0.717, 1.165) is 5.56 Å². The third-order valence-corrected chi connectivity index (χ3v) is 5.64. The zero-order valence-corrected chi connectivity index (χ0v) is 15.4. The lowest BCUT2D eigenvalue weighted by Crippen LogP contribution is -2.25. The number of hydrogen-bond donors (Lipinski definition) is 1. The van der Waals surface area contributed by atoms with Crippen LogP contribution >= 0.6 is 0 Å². The third kappa shape index (κ3) is 3.56. The molecule has 1 aliphatic heterocycles. The molecule has 0 bridgehead atoms. The Morgan fingerprint density at radius 3 is 2.63 bits per heavy atom. The minimum absolute atomic E-state index is 0.0382. The molecule has 0 saturated carbocycles. The van der Waals surface area contributed by atoms with Crippen molar-refractivity contribution < 1.29 is 22.9 Å². The molecule has 2 aromatic rings. The number of ether oxygens (including phenoxy) is 1. The van der Waals surface area contributed by atoms with E-state index in [0.29, 0.717) is 18.7 Å². The number of hydrogen-bond acceptors (Lipinski definition) is 6. The van der Waals surface area contributed by atoms with Gasteiger partial charge in [-0.05, 0) is 36.2 Å². The number of methoxy groups -OCH3 is 1. The number of amides is 1. The van der Waals surface area contributed by atoms with Gasteiger partial charge in [0, 0.05) is 31.3 Å². The molecule has 0 fully saturated rings. The Kier molecular flexibility index (Phi) is 4.75. The van der Waals surface area contributed by atoms with Gasteiger partial charge in [0.15, 0.2) is 0 Å². The lowest BCUT2D eigenvalue weighted by Gasteiger charge is -2.15. The molecular weight excluding hydrogens is 374 g/mol. The molecule has 1 amide bonds. The second-order valence-electron chi connectivity index (χ2n) is 5.96. The van der Waals surface area contributed by atoms with E-state index in [1.165, 1.54) is 44.4 Å². The maximum Gasteiger partial charge on any atom is 0.293 e. The SMILES string of the molecule is COc1ccc([N+](=O)[O-])c(NS(=O)(=O)c2ccc3c(c2)CCN3C(C)=O)c1. The smallest absolute Gasteiger partial charge is 0.293 e. The lowest BCUT2D eigenvalue weighted by atomic mass is 10.2. The van der Waals surface area contributed by atoms with Crippen molar-refractivity contribution in [1.82, 2.24) is 0 Å². The summed E-state index contributed by atoms with van der Waals surface area (Å²) in [6.07, 6.45) is 0.539. The first-order valence-electron chi connectivity index (χ1n) is 7.99. The monoisotopic (exact) mass is 391 g/mol. The van der Waals surface area contributed by atoms with Gasteiger partial charge in [0.2, 0.25) is 5.91 Å². The second kappa shape index (κ2) is 6.88. The fourth-order valence-corrected chi connectivity index (χ4v) is 4.07. The average molecular weight is 391 g/mol. The van der Waals surface area contributed by atoms with E-state index in [9.17, 15) is 23.3 Å². The van der Waals surface area contributed by atoms with Crippen LogP contribution in [-0.4, -0.2) is 32.9 Å². The fourth-order valence-electron chi connectivity index (χ4n) is 2.96. The molecule has 0 radical (unpaired) electrons. The first-order chi connectivity index (χ1) is 12.7. The van der Waals surface area contributed by atoms with Crippen LogP contribution in [0.4, 0.5) is 17.1 Å². The Morgan fingerprint density at radius 2 is 2.00 bits per heavy atom. The largest absolute Gasteiger partial charge is 0.497 e. The molecule has 1 heterocycles. The van der Waals surface area contributed by atoms with Gasteiger partial charge in [-0.2, -0.15) is 0 Å². The van der Waals surface area contributed by atoms with E-state index >= 15 is 0 Å². The summed E-state index contributed by atoms with van der Waals surface area (Å²) in [6, 6.07) is 8.21. The zero-order valence-electron chi connectivity index (χ0n) is 14.6. The molecule has 27 heavy (non-hydrogen) atoms. The Hall–Kier alpha value is -3.14. The maximum atomic E-state index is 12.7. The van der Waals surface area contributed by atoms with Crippen LogP contribution in [0, 0.1) is 10.1 Å². The standard InChI is InChI=1S/C17H17N3O6S/c1-11(21)19-8-7-12-9-14(4-6-16(12)19)27(24,25)18-15-10-13(26-2)3-5-17(15)20(22)23/h3-6,9-10,18H,7-8H2,1-2H3. The summed E-state index contributed by atoms with van der Waals surface area (Å²) in [6.45, 7) is 1.94. The van der Waals surface area contributed by atoms with Crippen LogP contribution in [0.25, 0.3) is 0 Å². The molecule has 0 aromatic heterocycles. The van der Waals surface area contributed by atoms with Gasteiger partial charge in [-0.25, -0.2) is 8.42 Å². The normalized spacial score (nSPS) is 13.2. The molecule has 0 unspecified atom stereocenters. The number of anilines is 2. The molecule has 1 aliphatic rings. The predicted octanol–water partition coefficient (Wildman–Crippen LogP) is 2.31. The van der Waals surface area contributed by atoms with Gasteiger partial charge in [-0.3, -0.25) is 19.6 Å². The van der Waals surface area contributed by atoms with Crippen LogP contribution in [0.2, 0.25) is 0 Å². The van der Waals surface area contributed by atoms with Crippen LogP contribution in [0.5, 0.6) is 5.75 Å². The summed E-state index contributed by atoms with van der Waals surface area (Å²) in [5.74, 6) is 0.166. The summed E-state index contributed by atoms with van der Waals surface area (Å²) in [7, 11) is -2.69. The van der Waals surface area contributed by atoms with E-state index in [1.807, 2.05) is 0 Å². The van der Waals surface area contributed by atoms with Crippen molar-refractivity contribution in [3.63, 3.8) is 0 Å². The van der Waals surface area contributed by atoms with Gasteiger partial charge in [-0.1, -0.05) is 0 Å². The maximum absolute atomic E-state index is 12.7. The van der Waals surface area contributed by atoms with Crippen LogP contribution < -0.4 is 14.4 Å². The van der Waals surface area contributed by atoms with Gasteiger partial charge in [0.1, 0.15) is 11.4 Å². The molecule has 3 rings (SSSR count). The first kappa shape index (κ1) is 18.6. The van der Waals surface area contributed by atoms with Gasteiger partial charge in [0.25, 0.3) is 15.7 Å². The minimum Gasteiger partial charge on any atom is -0.497 e. The lowest BCUT2D eigenvalue weighted by molar-refractivity contribution is -0.383. The summed E-state index contributed by atoms with van der Waals surface area (Å²) in [4.78, 5) is 23.7. The van der Waals surface area contributed by atoms with E-state index in [-0.39, 0.29) is 27.9 Å². The third-order valence-electron chi connectivity index (χ3n) is 4.28. The minimum atomic E-state index is -4.07. The van der Waals surface area contributed by atoms with E-state index in [4.69, 9.17) is 4.74 Å².